The van der Waals surface area contributed by atoms with Gasteiger partial charge >= 0.3 is 5.97 Å². The van der Waals surface area contributed by atoms with E-state index in [4.69, 9.17) is 9.29 Å². The van der Waals surface area contributed by atoms with Gasteiger partial charge < -0.3 is 4.74 Å². The van der Waals surface area contributed by atoms with Gasteiger partial charge in [-0.1, -0.05) is 31.4 Å². The third kappa shape index (κ3) is 5.93. The van der Waals surface area contributed by atoms with Crippen molar-refractivity contribution in [3.8, 4) is 0 Å². The van der Waals surface area contributed by atoms with Gasteiger partial charge in [-0.25, -0.2) is 4.21 Å². The van der Waals surface area contributed by atoms with Crippen LogP contribution in [-0.2, 0) is 27.3 Å². The summed E-state index contributed by atoms with van der Waals surface area (Å²) in [7, 11) is 1.41. The summed E-state index contributed by atoms with van der Waals surface area (Å²) in [6.45, 7) is 0.962. The van der Waals surface area contributed by atoms with Crippen LogP contribution in [0.15, 0.2) is 24.3 Å². The average Bonchev–Trinajstić information content (AvgIpc) is 2.56. The molecule has 23 heavy (non-hydrogen) atoms. The monoisotopic (exact) mass is 340 g/mol. The van der Waals surface area contributed by atoms with E-state index in [0.29, 0.717) is 24.8 Å². The Morgan fingerprint density at radius 2 is 1.96 bits per heavy atom. The van der Waals surface area contributed by atoms with Crippen LogP contribution in [0.2, 0.25) is 0 Å². The number of anilines is 1. The zero-order valence-electron chi connectivity index (χ0n) is 13.4. The van der Waals surface area contributed by atoms with Gasteiger partial charge in [-0.15, -0.1) is 0 Å². The molecule has 0 spiro atoms. The highest BCUT2D eigenvalue weighted by molar-refractivity contribution is 7.80. The van der Waals surface area contributed by atoms with Crippen LogP contribution in [0, 0.1) is 0 Å². The molecule has 0 radical (unpaired) electrons. The van der Waals surface area contributed by atoms with Crippen LogP contribution in [-0.4, -0.2) is 39.3 Å². The predicted octanol–water partition coefficient (Wildman–Crippen LogP) is 2.54. The maximum Gasteiger partial charge on any atom is 0.319 e. The standard InChI is InChI=1S/C16H24N2O4S/c1-22-16(19)12-18(15-5-3-2-4-6-15)11-13-7-9-14(10-8-13)17-23(20)21/h7-10,15,17H,2-6,11-12H2,1H3,(H,20,21). The third-order valence-corrected chi connectivity index (χ3v) is 4.61. The van der Waals surface area contributed by atoms with Crippen LogP contribution in [0.25, 0.3) is 0 Å². The molecule has 0 heterocycles. The Morgan fingerprint density at radius 3 is 2.52 bits per heavy atom. The number of carbonyl (C=O) groups is 1. The van der Waals surface area contributed by atoms with Crippen molar-refractivity contribution in [1.82, 2.24) is 4.90 Å². The molecule has 0 bridgehead atoms. The molecular formula is C16H24N2O4S. The van der Waals surface area contributed by atoms with Crippen LogP contribution in [0.4, 0.5) is 5.69 Å². The molecule has 7 heteroatoms. The van der Waals surface area contributed by atoms with Crippen LogP contribution in [0.5, 0.6) is 0 Å². The normalized spacial score (nSPS) is 17.0. The van der Waals surface area contributed by atoms with Crippen molar-refractivity contribution in [3.63, 3.8) is 0 Å². The van der Waals surface area contributed by atoms with E-state index in [1.807, 2.05) is 12.1 Å². The lowest BCUT2D eigenvalue weighted by Gasteiger charge is -2.33. The topological polar surface area (TPSA) is 78.9 Å². The van der Waals surface area contributed by atoms with Crippen LogP contribution < -0.4 is 4.72 Å². The minimum absolute atomic E-state index is 0.218. The summed E-state index contributed by atoms with van der Waals surface area (Å²) < 4.78 is 26.8. The Balaban J connectivity index is 2.03. The summed E-state index contributed by atoms with van der Waals surface area (Å²) in [5, 5.41) is 0. The summed E-state index contributed by atoms with van der Waals surface area (Å²) in [4.78, 5) is 13.9. The molecule has 0 aliphatic heterocycles. The number of rotatable bonds is 7. The Hall–Kier alpha value is -1.44. The molecule has 0 amide bonds. The molecule has 1 fully saturated rings. The first-order valence-corrected chi connectivity index (χ1v) is 8.96. The fourth-order valence-electron chi connectivity index (χ4n) is 3.00. The van der Waals surface area contributed by atoms with Crippen molar-refractivity contribution in [2.75, 3.05) is 18.4 Å². The van der Waals surface area contributed by atoms with E-state index in [1.54, 1.807) is 12.1 Å². The fourth-order valence-corrected chi connectivity index (χ4v) is 3.34. The number of nitrogens with zero attached hydrogens (tertiary/aromatic N) is 1. The number of methoxy groups -OCH3 is 1. The quantitative estimate of drug-likeness (QED) is 0.589. The molecule has 0 aromatic heterocycles. The number of ether oxygens (including phenoxy) is 1. The molecule has 128 valence electrons. The van der Waals surface area contributed by atoms with Crippen molar-refractivity contribution in [2.45, 2.75) is 44.7 Å². The van der Waals surface area contributed by atoms with Crippen molar-refractivity contribution >= 4 is 22.9 Å². The molecule has 1 saturated carbocycles. The first-order valence-electron chi connectivity index (χ1n) is 7.86. The second-order valence-corrected chi connectivity index (χ2v) is 6.52. The largest absolute Gasteiger partial charge is 0.468 e. The van der Waals surface area contributed by atoms with Gasteiger partial charge in [0.2, 0.25) is 0 Å². The fraction of sp³-hybridized carbons (Fsp3) is 0.562. The summed E-state index contributed by atoms with van der Waals surface area (Å²) >= 11 is -2.07. The lowest BCUT2D eigenvalue weighted by atomic mass is 9.94. The Kier molecular flexibility index (Phi) is 7.01. The Labute approximate surface area is 139 Å². The van der Waals surface area contributed by atoms with Gasteiger partial charge in [-0.2, -0.15) is 0 Å². The van der Waals surface area contributed by atoms with Gasteiger partial charge in [0.25, 0.3) is 11.3 Å². The zero-order valence-corrected chi connectivity index (χ0v) is 14.2. The molecule has 1 atom stereocenters. The van der Waals surface area contributed by atoms with Crippen LogP contribution in [0.1, 0.15) is 37.7 Å². The van der Waals surface area contributed by atoms with Gasteiger partial charge in [-0.05, 0) is 30.5 Å². The van der Waals surface area contributed by atoms with Crippen molar-refractivity contribution in [2.24, 2.45) is 0 Å². The van der Waals surface area contributed by atoms with Gasteiger partial charge in [0.1, 0.15) is 0 Å². The molecule has 6 nitrogen and oxygen atoms in total. The highest BCUT2D eigenvalue weighted by Gasteiger charge is 2.23. The van der Waals surface area contributed by atoms with Crippen molar-refractivity contribution < 1.29 is 18.3 Å². The minimum atomic E-state index is -2.07. The molecule has 1 aromatic rings. The predicted molar refractivity (Wildman–Crippen MR) is 90.1 cm³/mol. The summed E-state index contributed by atoms with van der Waals surface area (Å²) in [5.74, 6) is -0.218. The molecule has 1 aliphatic rings. The third-order valence-electron chi connectivity index (χ3n) is 4.20. The average molecular weight is 340 g/mol. The van der Waals surface area contributed by atoms with E-state index in [-0.39, 0.29) is 5.97 Å². The lowest BCUT2D eigenvalue weighted by Crippen LogP contribution is -2.40. The molecule has 0 saturated heterocycles. The number of hydrogen-bond donors (Lipinski definition) is 2. The van der Waals surface area contributed by atoms with E-state index in [2.05, 4.69) is 9.62 Å². The maximum atomic E-state index is 11.7. The van der Waals surface area contributed by atoms with E-state index < -0.39 is 11.3 Å². The molecular weight excluding hydrogens is 316 g/mol. The minimum Gasteiger partial charge on any atom is -0.468 e. The molecule has 1 aliphatic carbocycles. The van der Waals surface area contributed by atoms with E-state index in [1.165, 1.54) is 26.4 Å². The van der Waals surface area contributed by atoms with Gasteiger partial charge in [0.15, 0.2) is 0 Å². The highest BCUT2D eigenvalue weighted by atomic mass is 32.2. The van der Waals surface area contributed by atoms with Crippen LogP contribution in [0.3, 0.4) is 0 Å². The summed E-state index contributed by atoms with van der Waals surface area (Å²) in [6, 6.07) is 7.75. The zero-order chi connectivity index (χ0) is 16.7. The first-order chi connectivity index (χ1) is 11.1. The highest BCUT2D eigenvalue weighted by Crippen LogP contribution is 2.24. The second-order valence-electron chi connectivity index (χ2n) is 5.82. The second kappa shape index (κ2) is 9.00. The number of nitrogens with one attached hydrogen (secondary N) is 1. The van der Waals surface area contributed by atoms with Crippen molar-refractivity contribution in [1.29, 1.82) is 0 Å². The smallest absolute Gasteiger partial charge is 0.319 e. The first kappa shape index (κ1) is 17.9. The Morgan fingerprint density at radius 1 is 1.30 bits per heavy atom. The van der Waals surface area contributed by atoms with Gasteiger partial charge in [0, 0.05) is 18.3 Å². The molecule has 2 rings (SSSR count). The van der Waals surface area contributed by atoms with E-state index >= 15 is 0 Å². The molecule has 2 N–H and O–H groups in total. The summed E-state index contributed by atoms with van der Waals surface area (Å²) in [5.41, 5.74) is 1.65. The molecule has 1 unspecified atom stereocenters. The number of carbonyl (C=O) groups excluding carboxylic acids is 1. The maximum absolute atomic E-state index is 11.7. The van der Waals surface area contributed by atoms with Gasteiger partial charge in [0.05, 0.1) is 13.7 Å². The molecule has 1 aromatic carbocycles. The Bertz CT molecular complexity index is 529. The van der Waals surface area contributed by atoms with Gasteiger partial charge in [-0.3, -0.25) is 19.0 Å². The number of hydrogen-bond acceptors (Lipinski definition) is 4. The van der Waals surface area contributed by atoms with E-state index in [0.717, 1.165) is 18.4 Å². The lowest BCUT2D eigenvalue weighted by molar-refractivity contribution is -0.142. The SMILES string of the molecule is COC(=O)CN(Cc1ccc(NS(=O)O)cc1)C1CCCCC1. The van der Waals surface area contributed by atoms with Crippen LogP contribution >= 0.6 is 0 Å². The number of esters is 1. The summed E-state index contributed by atoms with van der Waals surface area (Å²) in [6.07, 6.45) is 5.89. The van der Waals surface area contributed by atoms with Crippen molar-refractivity contribution in [3.05, 3.63) is 29.8 Å². The number of benzene rings is 1. The van der Waals surface area contributed by atoms with E-state index in [9.17, 15) is 9.00 Å².